The van der Waals surface area contributed by atoms with Crippen LogP contribution in [-0.4, -0.2) is 33.8 Å². The zero-order chi connectivity index (χ0) is 15.8. The van der Waals surface area contributed by atoms with Crippen molar-refractivity contribution >= 4 is 11.6 Å². The Kier molecular flexibility index (Phi) is 5.94. The fourth-order valence-corrected chi connectivity index (χ4v) is 2.19. The van der Waals surface area contributed by atoms with E-state index < -0.39 is 0 Å². The molecule has 2 rings (SSSR count). The molecule has 0 spiro atoms. The molecule has 2 aromatic heterocycles. The van der Waals surface area contributed by atoms with E-state index in [2.05, 4.69) is 27.6 Å². The van der Waals surface area contributed by atoms with Gasteiger partial charge in [0, 0.05) is 37.7 Å². The van der Waals surface area contributed by atoms with Crippen LogP contribution in [0.1, 0.15) is 35.8 Å². The van der Waals surface area contributed by atoms with Gasteiger partial charge in [-0.25, -0.2) is 0 Å². The van der Waals surface area contributed by atoms with Gasteiger partial charge in [0.05, 0.1) is 17.4 Å². The van der Waals surface area contributed by atoms with Crippen LogP contribution in [0.4, 0.5) is 5.69 Å². The molecule has 0 unspecified atom stereocenters. The normalized spacial score (nSPS) is 10.5. The summed E-state index contributed by atoms with van der Waals surface area (Å²) in [7, 11) is 0. The Bertz CT molecular complexity index is 594. The summed E-state index contributed by atoms with van der Waals surface area (Å²) < 4.78 is 1.87. The van der Waals surface area contributed by atoms with Gasteiger partial charge in [-0.1, -0.05) is 6.92 Å². The minimum atomic E-state index is -0.0544. The number of aromatic nitrogens is 3. The SMILES string of the molecule is CCCn1ncc(C(=O)NCCCNc2cccnc2)c1C. The van der Waals surface area contributed by atoms with Gasteiger partial charge in [-0.15, -0.1) is 0 Å². The first-order valence-corrected chi connectivity index (χ1v) is 7.67. The molecule has 0 aromatic carbocycles. The Labute approximate surface area is 130 Å². The predicted molar refractivity (Wildman–Crippen MR) is 86.9 cm³/mol. The molecule has 2 N–H and O–H groups in total. The molecule has 6 heteroatoms. The summed E-state index contributed by atoms with van der Waals surface area (Å²) in [5, 5.41) is 10.4. The van der Waals surface area contributed by atoms with Gasteiger partial charge < -0.3 is 10.6 Å². The monoisotopic (exact) mass is 301 g/mol. The van der Waals surface area contributed by atoms with Crippen molar-refractivity contribution in [2.24, 2.45) is 0 Å². The highest BCUT2D eigenvalue weighted by molar-refractivity contribution is 5.94. The summed E-state index contributed by atoms with van der Waals surface area (Å²) in [6.07, 6.45) is 7.02. The number of aryl methyl sites for hydroxylation is 1. The lowest BCUT2D eigenvalue weighted by atomic mass is 10.2. The van der Waals surface area contributed by atoms with Gasteiger partial charge in [-0.05, 0) is 31.9 Å². The molecule has 1 amide bonds. The van der Waals surface area contributed by atoms with Gasteiger partial charge in [0.1, 0.15) is 0 Å². The van der Waals surface area contributed by atoms with Crippen LogP contribution in [-0.2, 0) is 6.54 Å². The minimum absolute atomic E-state index is 0.0544. The lowest BCUT2D eigenvalue weighted by molar-refractivity contribution is 0.0953. The van der Waals surface area contributed by atoms with Gasteiger partial charge in [0.2, 0.25) is 0 Å². The Hall–Kier alpha value is -2.37. The van der Waals surface area contributed by atoms with Crippen LogP contribution in [0.2, 0.25) is 0 Å². The number of nitrogens with zero attached hydrogens (tertiary/aromatic N) is 3. The van der Waals surface area contributed by atoms with Crippen molar-refractivity contribution in [3.05, 3.63) is 42.0 Å². The highest BCUT2D eigenvalue weighted by Gasteiger charge is 2.12. The second-order valence-electron chi connectivity index (χ2n) is 5.14. The van der Waals surface area contributed by atoms with E-state index in [1.807, 2.05) is 23.7 Å². The summed E-state index contributed by atoms with van der Waals surface area (Å²) in [6.45, 7) is 6.29. The molecule has 118 valence electrons. The fraction of sp³-hybridized carbons (Fsp3) is 0.438. The molecular weight excluding hydrogens is 278 g/mol. The van der Waals surface area contributed by atoms with Crippen LogP contribution < -0.4 is 10.6 Å². The maximum absolute atomic E-state index is 12.1. The topological polar surface area (TPSA) is 71.8 Å². The van der Waals surface area contributed by atoms with Crippen molar-refractivity contribution in [3.8, 4) is 0 Å². The molecule has 0 saturated heterocycles. The lowest BCUT2D eigenvalue weighted by Gasteiger charge is -2.07. The molecule has 0 radical (unpaired) electrons. The van der Waals surface area contributed by atoms with Gasteiger partial charge in [-0.3, -0.25) is 14.5 Å². The molecule has 0 saturated carbocycles. The van der Waals surface area contributed by atoms with Crippen molar-refractivity contribution in [2.45, 2.75) is 33.2 Å². The van der Waals surface area contributed by atoms with Gasteiger partial charge in [0.15, 0.2) is 0 Å². The number of nitrogens with one attached hydrogen (secondary N) is 2. The number of hydrogen-bond donors (Lipinski definition) is 2. The summed E-state index contributed by atoms with van der Waals surface area (Å²) >= 11 is 0. The van der Waals surface area contributed by atoms with Crippen LogP contribution in [0.25, 0.3) is 0 Å². The number of anilines is 1. The Morgan fingerprint density at radius 2 is 2.18 bits per heavy atom. The number of carbonyl (C=O) groups is 1. The maximum atomic E-state index is 12.1. The van der Waals surface area contributed by atoms with Crippen LogP contribution in [0.3, 0.4) is 0 Å². The first kappa shape index (κ1) is 16.0. The fourth-order valence-electron chi connectivity index (χ4n) is 2.19. The van der Waals surface area contributed by atoms with Gasteiger partial charge >= 0.3 is 0 Å². The van der Waals surface area contributed by atoms with E-state index in [1.54, 1.807) is 18.6 Å². The predicted octanol–water partition coefficient (Wildman–Crippen LogP) is 2.23. The number of rotatable bonds is 8. The molecule has 0 aliphatic rings. The zero-order valence-corrected chi connectivity index (χ0v) is 13.2. The Morgan fingerprint density at radius 3 is 2.91 bits per heavy atom. The van der Waals surface area contributed by atoms with Crippen molar-refractivity contribution in [1.29, 1.82) is 0 Å². The standard InChI is InChI=1S/C16H23N5O/c1-3-10-21-13(2)15(12-20-21)16(22)19-9-5-8-18-14-6-4-7-17-11-14/h4,6-7,11-12,18H,3,5,8-10H2,1-2H3,(H,19,22). The Balaban J connectivity index is 1.72. The van der Waals surface area contributed by atoms with E-state index >= 15 is 0 Å². The van der Waals surface area contributed by atoms with Crippen molar-refractivity contribution in [2.75, 3.05) is 18.4 Å². The molecule has 2 aromatic rings. The van der Waals surface area contributed by atoms with Crippen LogP contribution in [0, 0.1) is 6.92 Å². The molecule has 0 atom stereocenters. The molecule has 0 fully saturated rings. The van der Waals surface area contributed by atoms with Crippen molar-refractivity contribution in [3.63, 3.8) is 0 Å². The first-order chi connectivity index (χ1) is 10.7. The smallest absolute Gasteiger partial charge is 0.254 e. The molecular formula is C16H23N5O. The molecule has 0 bridgehead atoms. The molecule has 0 aliphatic carbocycles. The first-order valence-electron chi connectivity index (χ1n) is 7.67. The van der Waals surface area contributed by atoms with Crippen molar-refractivity contribution in [1.82, 2.24) is 20.1 Å². The summed E-state index contributed by atoms with van der Waals surface area (Å²) in [4.78, 5) is 16.2. The summed E-state index contributed by atoms with van der Waals surface area (Å²) in [6, 6.07) is 3.86. The summed E-state index contributed by atoms with van der Waals surface area (Å²) in [5.74, 6) is -0.0544. The Morgan fingerprint density at radius 1 is 1.32 bits per heavy atom. The summed E-state index contributed by atoms with van der Waals surface area (Å²) in [5.41, 5.74) is 2.58. The van der Waals surface area contributed by atoms with Crippen molar-refractivity contribution < 1.29 is 4.79 Å². The van der Waals surface area contributed by atoms with E-state index in [4.69, 9.17) is 0 Å². The van der Waals surface area contributed by atoms with Crippen LogP contribution in [0.15, 0.2) is 30.7 Å². The third kappa shape index (κ3) is 4.31. The van der Waals surface area contributed by atoms with E-state index in [0.29, 0.717) is 12.1 Å². The van der Waals surface area contributed by atoms with Crippen LogP contribution >= 0.6 is 0 Å². The van der Waals surface area contributed by atoms with E-state index in [1.165, 1.54) is 0 Å². The lowest BCUT2D eigenvalue weighted by Crippen LogP contribution is -2.26. The number of hydrogen-bond acceptors (Lipinski definition) is 4. The number of pyridine rings is 1. The second-order valence-corrected chi connectivity index (χ2v) is 5.14. The molecule has 2 heterocycles. The highest BCUT2D eigenvalue weighted by atomic mass is 16.1. The van der Waals surface area contributed by atoms with Gasteiger partial charge in [0.25, 0.3) is 5.91 Å². The highest BCUT2D eigenvalue weighted by Crippen LogP contribution is 2.07. The maximum Gasteiger partial charge on any atom is 0.254 e. The minimum Gasteiger partial charge on any atom is -0.384 e. The average Bonchev–Trinajstić information content (AvgIpc) is 2.89. The molecule has 0 aliphatic heterocycles. The molecule has 6 nitrogen and oxygen atoms in total. The zero-order valence-electron chi connectivity index (χ0n) is 13.2. The average molecular weight is 301 g/mol. The molecule has 22 heavy (non-hydrogen) atoms. The largest absolute Gasteiger partial charge is 0.384 e. The van der Waals surface area contributed by atoms with Crippen LogP contribution in [0.5, 0.6) is 0 Å². The van der Waals surface area contributed by atoms with E-state index in [0.717, 1.165) is 37.3 Å². The van der Waals surface area contributed by atoms with E-state index in [-0.39, 0.29) is 5.91 Å². The van der Waals surface area contributed by atoms with Gasteiger partial charge in [-0.2, -0.15) is 5.10 Å². The number of amides is 1. The second kappa shape index (κ2) is 8.17. The number of carbonyl (C=O) groups excluding carboxylic acids is 1. The third-order valence-corrected chi connectivity index (χ3v) is 3.41. The van der Waals surface area contributed by atoms with E-state index in [9.17, 15) is 4.79 Å². The quantitative estimate of drug-likeness (QED) is 0.733. The third-order valence-electron chi connectivity index (χ3n) is 3.41.